The number of phenols is 1. The summed E-state index contributed by atoms with van der Waals surface area (Å²) in [6.45, 7) is 0.577. The van der Waals surface area contributed by atoms with Crippen LogP contribution in [0.25, 0.3) is 11.3 Å². The number of aromatic nitrogens is 2. The van der Waals surface area contributed by atoms with Gasteiger partial charge in [-0.15, -0.1) is 0 Å². The Morgan fingerprint density at radius 3 is 2.67 bits per heavy atom. The molecular formula is C12H15FN4O. The fraction of sp³-hybridized carbons (Fsp3) is 0.250. The molecule has 1 aromatic heterocycles. The van der Waals surface area contributed by atoms with Crippen molar-refractivity contribution in [2.45, 2.75) is 6.54 Å². The summed E-state index contributed by atoms with van der Waals surface area (Å²) in [5.74, 6) is -0.763. The molecule has 18 heavy (non-hydrogen) atoms. The third kappa shape index (κ3) is 2.43. The molecule has 0 unspecified atom stereocenters. The van der Waals surface area contributed by atoms with Crippen LogP contribution in [0, 0.1) is 5.82 Å². The Balaban J connectivity index is 2.48. The average Bonchev–Trinajstić information content (AvgIpc) is 2.69. The van der Waals surface area contributed by atoms with Crippen LogP contribution in [0.2, 0.25) is 0 Å². The van der Waals surface area contributed by atoms with E-state index in [0.29, 0.717) is 23.6 Å². The summed E-state index contributed by atoms with van der Waals surface area (Å²) >= 11 is 0. The third-order valence-corrected chi connectivity index (χ3v) is 2.51. The first-order valence-corrected chi connectivity index (χ1v) is 5.44. The van der Waals surface area contributed by atoms with E-state index < -0.39 is 11.6 Å². The van der Waals surface area contributed by atoms with Gasteiger partial charge in [0.1, 0.15) is 5.82 Å². The molecular weight excluding hydrogens is 235 g/mol. The van der Waals surface area contributed by atoms with Crippen LogP contribution >= 0.6 is 0 Å². The smallest absolute Gasteiger partial charge is 0.165 e. The van der Waals surface area contributed by atoms with E-state index in [1.54, 1.807) is 12.1 Å². The Morgan fingerprint density at radius 2 is 2.11 bits per heavy atom. The minimum atomic E-state index is -0.655. The second kappa shape index (κ2) is 4.66. The van der Waals surface area contributed by atoms with Crippen LogP contribution in [0.1, 0.15) is 5.56 Å². The highest BCUT2D eigenvalue weighted by atomic mass is 19.1. The van der Waals surface area contributed by atoms with Gasteiger partial charge < -0.3 is 15.7 Å². The minimum Gasteiger partial charge on any atom is -0.504 e. The molecule has 0 saturated carbocycles. The molecule has 1 aromatic carbocycles. The van der Waals surface area contributed by atoms with Gasteiger partial charge in [0, 0.05) is 18.2 Å². The molecule has 0 atom stereocenters. The van der Waals surface area contributed by atoms with Crippen LogP contribution in [-0.4, -0.2) is 34.3 Å². The van der Waals surface area contributed by atoms with Gasteiger partial charge in [-0.2, -0.15) is 5.10 Å². The third-order valence-electron chi connectivity index (χ3n) is 2.51. The Hall–Kier alpha value is -2.08. The zero-order valence-electron chi connectivity index (χ0n) is 10.2. The SMILES string of the molecule is CN(C)Cc1cc(F)c(O)c(-c2cc(N)n[nH]2)c1. The first kappa shape index (κ1) is 12.4. The largest absolute Gasteiger partial charge is 0.504 e. The number of nitrogens with zero attached hydrogens (tertiary/aromatic N) is 2. The second-order valence-electron chi connectivity index (χ2n) is 4.42. The highest BCUT2D eigenvalue weighted by molar-refractivity contribution is 5.69. The molecule has 96 valence electrons. The van der Waals surface area contributed by atoms with Gasteiger partial charge in [-0.25, -0.2) is 4.39 Å². The van der Waals surface area contributed by atoms with Crippen molar-refractivity contribution >= 4 is 5.82 Å². The summed E-state index contributed by atoms with van der Waals surface area (Å²) < 4.78 is 13.6. The molecule has 4 N–H and O–H groups in total. The number of aromatic amines is 1. The van der Waals surface area contributed by atoms with E-state index in [9.17, 15) is 9.50 Å². The van der Waals surface area contributed by atoms with Crippen molar-refractivity contribution < 1.29 is 9.50 Å². The van der Waals surface area contributed by atoms with Crippen molar-refractivity contribution in [3.05, 3.63) is 29.6 Å². The molecule has 0 aliphatic rings. The van der Waals surface area contributed by atoms with Crippen molar-refractivity contribution in [3.63, 3.8) is 0 Å². The number of phenolic OH excluding ortho intramolecular Hbond substituents is 1. The van der Waals surface area contributed by atoms with Crippen LogP contribution in [0.5, 0.6) is 5.75 Å². The predicted octanol–water partition coefficient (Wildman–Crippen LogP) is 1.57. The lowest BCUT2D eigenvalue weighted by Crippen LogP contribution is -2.10. The normalized spacial score (nSPS) is 11.1. The summed E-state index contributed by atoms with van der Waals surface area (Å²) in [7, 11) is 3.78. The van der Waals surface area contributed by atoms with Gasteiger partial charge >= 0.3 is 0 Å². The number of hydrogen-bond acceptors (Lipinski definition) is 4. The monoisotopic (exact) mass is 250 g/mol. The number of rotatable bonds is 3. The van der Waals surface area contributed by atoms with Crippen molar-refractivity contribution in [1.82, 2.24) is 15.1 Å². The van der Waals surface area contributed by atoms with Gasteiger partial charge in [-0.05, 0) is 31.8 Å². The summed E-state index contributed by atoms with van der Waals surface area (Å²) in [4.78, 5) is 1.91. The van der Waals surface area contributed by atoms with E-state index in [0.717, 1.165) is 5.56 Å². The molecule has 1 heterocycles. The highest BCUT2D eigenvalue weighted by Gasteiger charge is 2.13. The molecule has 0 radical (unpaired) electrons. The number of nitrogens with two attached hydrogens (primary N) is 1. The standard InChI is InChI=1S/C12H15FN4O/c1-17(2)6-7-3-8(12(18)9(13)4-7)10-5-11(14)16-15-10/h3-5,18H,6H2,1-2H3,(H3,14,15,16). The first-order valence-electron chi connectivity index (χ1n) is 5.44. The summed E-state index contributed by atoms with van der Waals surface area (Å²) in [6, 6.07) is 4.58. The number of aromatic hydroxyl groups is 1. The van der Waals surface area contributed by atoms with Crippen molar-refractivity contribution in [1.29, 1.82) is 0 Å². The molecule has 2 rings (SSSR count). The Bertz CT molecular complexity index is 565. The average molecular weight is 250 g/mol. The van der Waals surface area contributed by atoms with Crippen LogP contribution in [-0.2, 0) is 6.54 Å². The fourth-order valence-electron chi connectivity index (χ4n) is 1.79. The Labute approximate surface area is 104 Å². The minimum absolute atomic E-state index is 0.294. The van der Waals surface area contributed by atoms with E-state index in [-0.39, 0.29) is 0 Å². The van der Waals surface area contributed by atoms with E-state index in [1.807, 2.05) is 19.0 Å². The van der Waals surface area contributed by atoms with Crippen LogP contribution in [0.4, 0.5) is 10.2 Å². The highest BCUT2D eigenvalue weighted by Crippen LogP contribution is 2.32. The van der Waals surface area contributed by atoms with Crippen LogP contribution in [0.15, 0.2) is 18.2 Å². The maximum absolute atomic E-state index is 13.6. The molecule has 5 nitrogen and oxygen atoms in total. The van der Waals surface area contributed by atoms with Crippen molar-refractivity contribution in [3.8, 4) is 17.0 Å². The number of benzene rings is 1. The lowest BCUT2D eigenvalue weighted by atomic mass is 10.1. The quantitative estimate of drug-likeness (QED) is 0.772. The van der Waals surface area contributed by atoms with Gasteiger partial charge in [0.2, 0.25) is 0 Å². The molecule has 0 amide bonds. The molecule has 0 saturated heterocycles. The zero-order valence-corrected chi connectivity index (χ0v) is 10.2. The topological polar surface area (TPSA) is 78.2 Å². The predicted molar refractivity (Wildman–Crippen MR) is 67.4 cm³/mol. The molecule has 0 spiro atoms. The lowest BCUT2D eigenvalue weighted by molar-refractivity contribution is 0.398. The fourth-order valence-corrected chi connectivity index (χ4v) is 1.79. The van der Waals surface area contributed by atoms with Crippen molar-refractivity contribution in [2.75, 3.05) is 19.8 Å². The molecule has 0 aliphatic carbocycles. The molecule has 6 heteroatoms. The van der Waals surface area contributed by atoms with E-state index in [2.05, 4.69) is 10.2 Å². The first-order chi connectivity index (χ1) is 8.47. The molecule has 0 fully saturated rings. The molecule has 0 aliphatic heterocycles. The summed E-state index contributed by atoms with van der Waals surface area (Å²) in [5.41, 5.74) is 7.11. The number of nitrogen functional groups attached to an aromatic ring is 1. The van der Waals surface area contributed by atoms with Gasteiger partial charge in [0.15, 0.2) is 11.6 Å². The Kier molecular flexibility index (Phi) is 3.20. The number of hydrogen-bond donors (Lipinski definition) is 3. The number of nitrogens with one attached hydrogen (secondary N) is 1. The molecule has 0 bridgehead atoms. The van der Waals surface area contributed by atoms with E-state index >= 15 is 0 Å². The Morgan fingerprint density at radius 1 is 1.39 bits per heavy atom. The van der Waals surface area contributed by atoms with Gasteiger partial charge in [0.05, 0.1) is 5.69 Å². The molecule has 2 aromatic rings. The van der Waals surface area contributed by atoms with E-state index in [4.69, 9.17) is 5.73 Å². The van der Waals surface area contributed by atoms with Gasteiger partial charge in [0.25, 0.3) is 0 Å². The number of H-pyrrole nitrogens is 1. The second-order valence-corrected chi connectivity index (χ2v) is 4.42. The lowest BCUT2D eigenvalue weighted by Gasteiger charge is -2.12. The maximum atomic E-state index is 13.6. The summed E-state index contributed by atoms with van der Waals surface area (Å²) in [5, 5.41) is 16.2. The number of anilines is 1. The van der Waals surface area contributed by atoms with Gasteiger partial charge in [-0.1, -0.05) is 0 Å². The zero-order chi connectivity index (χ0) is 13.3. The summed E-state index contributed by atoms with van der Waals surface area (Å²) in [6.07, 6.45) is 0. The van der Waals surface area contributed by atoms with Gasteiger partial charge in [-0.3, -0.25) is 5.10 Å². The number of halogens is 1. The van der Waals surface area contributed by atoms with Crippen LogP contribution < -0.4 is 5.73 Å². The van der Waals surface area contributed by atoms with Crippen LogP contribution in [0.3, 0.4) is 0 Å². The van der Waals surface area contributed by atoms with Crippen molar-refractivity contribution in [2.24, 2.45) is 0 Å². The maximum Gasteiger partial charge on any atom is 0.165 e. The van der Waals surface area contributed by atoms with E-state index in [1.165, 1.54) is 6.07 Å².